The van der Waals surface area contributed by atoms with Crippen LogP contribution in [0.5, 0.6) is 0 Å². The zero-order valence-corrected chi connectivity index (χ0v) is 8.49. The van der Waals surface area contributed by atoms with Gasteiger partial charge in [-0.1, -0.05) is 13.8 Å². The molecule has 0 aromatic carbocycles. The van der Waals surface area contributed by atoms with Crippen LogP contribution in [-0.4, -0.2) is 16.3 Å². The highest BCUT2D eigenvalue weighted by Crippen LogP contribution is 2.63. The van der Waals surface area contributed by atoms with Crippen LogP contribution in [0, 0.1) is 11.3 Å². The Morgan fingerprint density at radius 3 is 2.69 bits per heavy atom. The Morgan fingerprint density at radius 2 is 2.31 bits per heavy atom. The standard InChI is InChI=1S/C10H17N3/c1-10(2)7(6-11)9(10)8-4-5-13(3)12-8/h4-5,7,9H,6,11H2,1-3H3/t7-,9+/m1/s1. The summed E-state index contributed by atoms with van der Waals surface area (Å²) >= 11 is 0. The van der Waals surface area contributed by atoms with Crippen LogP contribution in [0.4, 0.5) is 0 Å². The van der Waals surface area contributed by atoms with E-state index in [0.29, 0.717) is 17.3 Å². The predicted octanol–water partition coefficient (Wildman–Crippen LogP) is 1.12. The molecule has 2 rings (SSSR count). The Kier molecular flexibility index (Phi) is 1.74. The zero-order chi connectivity index (χ0) is 9.64. The smallest absolute Gasteiger partial charge is 0.0664 e. The van der Waals surface area contributed by atoms with Gasteiger partial charge in [-0.3, -0.25) is 4.68 Å². The molecular formula is C10H17N3. The van der Waals surface area contributed by atoms with Crippen LogP contribution in [0.15, 0.2) is 12.3 Å². The molecule has 1 aromatic rings. The van der Waals surface area contributed by atoms with E-state index in [2.05, 4.69) is 25.0 Å². The van der Waals surface area contributed by atoms with E-state index in [4.69, 9.17) is 5.73 Å². The van der Waals surface area contributed by atoms with Gasteiger partial charge in [0.1, 0.15) is 0 Å². The fourth-order valence-corrected chi connectivity index (χ4v) is 2.37. The zero-order valence-electron chi connectivity index (χ0n) is 8.49. The van der Waals surface area contributed by atoms with Crippen molar-refractivity contribution in [1.82, 2.24) is 9.78 Å². The largest absolute Gasteiger partial charge is 0.330 e. The summed E-state index contributed by atoms with van der Waals surface area (Å²) in [5.74, 6) is 1.18. The fourth-order valence-electron chi connectivity index (χ4n) is 2.37. The summed E-state index contributed by atoms with van der Waals surface area (Å²) in [5.41, 5.74) is 7.26. The lowest BCUT2D eigenvalue weighted by Crippen LogP contribution is -2.05. The van der Waals surface area contributed by atoms with Gasteiger partial charge in [-0.2, -0.15) is 5.10 Å². The van der Waals surface area contributed by atoms with Gasteiger partial charge >= 0.3 is 0 Å². The highest BCUT2D eigenvalue weighted by Gasteiger charge is 2.58. The molecule has 1 saturated carbocycles. The maximum atomic E-state index is 5.71. The van der Waals surface area contributed by atoms with Gasteiger partial charge < -0.3 is 5.73 Å². The Morgan fingerprint density at radius 1 is 1.62 bits per heavy atom. The molecule has 0 aliphatic heterocycles. The van der Waals surface area contributed by atoms with E-state index in [1.54, 1.807) is 0 Å². The van der Waals surface area contributed by atoms with E-state index in [1.165, 1.54) is 5.69 Å². The molecule has 3 nitrogen and oxygen atoms in total. The summed E-state index contributed by atoms with van der Waals surface area (Å²) in [6.45, 7) is 5.31. The molecular weight excluding hydrogens is 162 g/mol. The average molecular weight is 179 g/mol. The Bertz CT molecular complexity index is 314. The SMILES string of the molecule is Cn1ccc([C@@H]2[C@@H](CN)C2(C)C)n1. The molecule has 3 heteroatoms. The molecule has 1 aromatic heterocycles. The van der Waals surface area contributed by atoms with Crippen LogP contribution in [-0.2, 0) is 7.05 Å². The molecule has 72 valence electrons. The first-order chi connectivity index (χ1) is 6.07. The highest BCUT2D eigenvalue weighted by atomic mass is 15.3. The summed E-state index contributed by atoms with van der Waals surface area (Å²) in [5, 5.41) is 4.43. The van der Waals surface area contributed by atoms with Gasteiger partial charge in [0.05, 0.1) is 5.69 Å². The lowest BCUT2D eigenvalue weighted by atomic mass is 10.1. The fraction of sp³-hybridized carbons (Fsp3) is 0.700. The first-order valence-corrected chi connectivity index (χ1v) is 4.77. The number of aryl methyl sites for hydroxylation is 1. The summed E-state index contributed by atoms with van der Waals surface area (Å²) < 4.78 is 1.86. The quantitative estimate of drug-likeness (QED) is 0.739. The third-order valence-electron chi connectivity index (χ3n) is 3.36. The van der Waals surface area contributed by atoms with Gasteiger partial charge in [-0.25, -0.2) is 0 Å². The molecule has 13 heavy (non-hydrogen) atoms. The molecule has 0 saturated heterocycles. The molecule has 0 unspecified atom stereocenters. The second kappa shape index (κ2) is 2.58. The minimum Gasteiger partial charge on any atom is -0.330 e. The Labute approximate surface area is 78.9 Å². The van der Waals surface area contributed by atoms with Crippen molar-refractivity contribution in [2.24, 2.45) is 24.1 Å². The first-order valence-electron chi connectivity index (χ1n) is 4.77. The van der Waals surface area contributed by atoms with Crippen LogP contribution in [0.2, 0.25) is 0 Å². The molecule has 1 aliphatic carbocycles. The molecule has 1 heterocycles. The third-order valence-corrected chi connectivity index (χ3v) is 3.36. The van der Waals surface area contributed by atoms with Gasteiger partial charge in [0.25, 0.3) is 0 Å². The Balaban J connectivity index is 2.21. The summed E-state index contributed by atoms with van der Waals surface area (Å²) in [4.78, 5) is 0. The van der Waals surface area contributed by atoms with Crippen LogP contribution in [0.1, 0.15) is 25.5 Å². The van der Waals surface area contributed by atoms with E-state index in [9.17, 15) is 0 Å². The van der Waals surface area contributed by atoms with Crippen molar-refractivity contribution in [3.8, 4) is 0 Å². The molecule has 0 radical (unpaired) electrons. The average Bonchev–Trinajstić information content (AvgIpc) is 2.41. The minimum absolute atomic E-state index is 0.350. The maximum Gasteiger partial charge on any atom is 0.0664 e. The van der Waals surface area contributed by atoms with Crippen LogP contribution < -0.4 is 5.73 Å². The van der Waals surface area contributed by atoms with Gasteiger partial charge in [0.2, 0.25) is 0 Å². The van der Waals surface area contributed by atoms with Gasteiger partial charge in [0, 0.05) is 19.2 Å². The number of aromatic nitrogens is 2. The molecule has 2 atom stereocenters. The van der Waals surface area contributed by atoms with Crippen LogP contribution in [0.3, 0.4) is 0 Å². The number of hydrogen-bond donors (Lipinski definition) is 1. The lowest BCUT2D eigenvalue weighted by Gasteiger charge is -1.98. The number of hydrogen-bond acceptors (Lipinski definition) is 2. The predicted molar refractivity (Wildman–Crippen MR) is 52.3 cm³/mol. The third kappa shape index (κ3) is 1.18. The van der Waals surface area contributed by atoms with E-state index in [1.807, 2.05) is 17.9 Å². The topological polar surface area (TPSA) is 43.8 Å². The van der Waals surface area contributed by atoms with Crippen LogP contribution >= 0.6 is 0 Å². The summed E-state index contributed by atoms with van der Waals surface area (Å²) in [7, 11) is 1.95. The van der Waals surface area contributed by atoms with E-state index in [0.717, 1.165) is 6.54 Å². The highest BCUT2D eigenvalue weighted by molar-refractivity contribution is 5.25. The maximum absolute atomic E-state index is 5.71. The van der Waals surface area contributed by atoms with Crippen molar-refractivity contribution in [3.63, 3.8) is 0 Å². The summed E-state index contributed by atoms with van der Waals surface area (Å²) in [6, 6.07) is 2.10. The normalized spacial score (nSPS) is 30.5. The first kappa shape index (κ1) is 8.75. The lowest BCUT2D eigenvalue weighted by molar-refractivity contribution is 0.556. The number of nitrogens with two attached hydrogens (primary N) is 1. The molecule has 0 spiro atoms. The molecule has 0 amide bonds. The van der Waals surface area contributed by atoms with Gasteiger partial charge in [-0.05, 0) is 23.9 Å². The number of nitrogens with zero attached hydrogens (tertiary/aromatic N) is 2. The van der Waals surface area contributed by atoms with Crippen molar-refractivity contribution < 1.29 is 0 Å². The van der Waals surface area contributed by atoms with Crippen molar-refractivity contribution in [2.75, 3.05) is 6.54 Å². The van der Waals surface area contributed by atoms with Gasteiger partial charge in [-0.15, -0.1) is 0 Å². The van der Waals surface area contributed by atoms with Crippen molar-refractivity contribution >= 4 is 0 Å². The summed E-state index contributed by atoms with van der Waals surface area (Å²) in [6.07, 6.45) is 2.00. The van der Waals surface area contributed by atoms with Crippen LogP contribution in [0.25, 0.3) is 0 Å². The molecule has 0 bridgehead atoms. The van der Waals surface area contributed by atoms with E-state index < -0.39 is 0 Å². The molecule has 2 N–H and O–H groups in total. The molecule has 1 fully saturated rings. The van der Waals surface area contributed by atoms with Crippen molar-refractivity contribution in [1.29, 1.82) is 0 Å². The number of rotatable bonds is 2. The second-order valence-corrected chi connectivity index (χ2v) is 4.56. The van der Waals surface area contributed by atoms with Crippen molar-refractivity contribution in [2.45, 2.75) is 19.8 Å². The molecule has 1 aliphatic rings. The second-order valence-electron chi connectivity index (χ2n) is 4.56. The van der Waals surface area contributed by atoms with E-state index in [-0.39, 0.29) is 0 Å². The van der Waals surface area contributed by atoms with E-state index >= 15 is 0 Å². The van der Waals surface area contributed by atoms with Crippen molar-refractivity contribution in [3.05, 3.63) is 18.0 Å². The Hall–Kier alpha value is -0.830. The van der Waals surface area contributed by atoms with Gasteiger partial charge in [0.15, 0.2) is 0 Å². The monoisotopic (exact) mass is 179 g/mol. The minimum atomic E-state index is 0.350.